The summed E-state index contributed by atoms with van der Waals surface area (Å²) in [5.41, 5.74) is 1.05. The van der Waals surface area contributed by atoms with Crippen LogP contribution in [0.2, 0.25) is 0 Å². The lowest BCUT2D eigenvalue weighted by molar-refractivity contribution is -0.0510. The fourth-order valence-corrected chi connectivity index (χ4v) is 3.97. The topological polar surface area (TPSA) is 55.6 Å². The van der Waals surface area contributed by atoms with Gasteiger partial charge in [-0.15, -0.1) is 0 Å². The van der Waals surface area contributed by atoms with E-state index in [1.165, 1.54) is 0 Å². The normalized spacial score (nSPS) is 20.0. The first-order valence-electron chi connectivity index (χ1n) is 8.55. The average Bonchev–Trinajstić information content (AvgIpc) is 3.00. The van der Waals surface area contributed by atoms with E-state index in [-0.39, 0.29) is 12.0 Å². The van der Waals surface area contributed by atoms with E-state index < -0.39 is 0 Å². The predicted molar refractivity (Wildman–Crippen MR) is 88.9 cm³/mol. The van der Waals surface area contributed by atoms with Crippen molar-refractivity contribution >= 4 is 5.91 Å². The fourth-order valence-electron chi connectivity index (χ4n) is 3.97. The Balaban J connectivity index is 1.30. The monoisotopic (exact) mass is 326 g/mol. The van der Waals surface area contributed by atoms with Gasteiger partial charge in [-0.1, -0.05) is 0 Å². The molecule has 4 rings (SSSR count). The van der Waals surface area contributed by atoms with Gasteiger partial charge in [0.2, 0.25) is 0 Å². The number of hydrogen-bond donors (Lipinski definition) is 0. The zero-order valence-corrected chi connectivity index (χ0v) is 13.9. The second-order valence-corrected chi connectivity index (χ2v) is 7.02. The van der Waals surface area contributed by atoms with Crippen LogP contribution in [0.1, 0.15) is 41.8 Å². The van der Waals surface area contributed by atoms with Crippen molar-refractivity contribution in [2.45, 2.75) is 38.7 Å². The molecule has 2 fully saturated rings. The van der Waals surface area contributed by atoms with E-state index in [0.29, 0.717) is 16.7 Å². The molecule has 2 aliphatic rings. The second kappa shape index (κ2) is 5.96. The van der Waals surface area contributed by atoms with Crippen molar-refractivity contribution in [1.82, 2.24) is 9.88 Å². The molecule has 0 radical (unpaired) electrons. The Bertz CT molecular complexity index is 709. The second-order valence-electron chi connectivity index (χ2n) is 7.02. The molecule has 0 N–H and O–H groups in total. The van der Waals surface area contributed by atoms with Crippen LogP contribution in [0.25, 0.3) is 0 Å². The molecule has 0 aromatic carbocycles. The SMILES string of the molecule is Cc1occc1C(=O)N1CCC2(CC1)CC(Oc1cccnc1)C2. The van der Waals surface area contributed by atoms with Gasteiger partial charge in [0.05, 0.1) is 24.1 Å². The minimum atomic E-state index is 0.0959. The van der Waals surface area contributed by atoms with Crippen molar-refractivity contribution in [2.75, 3.05) is 13.1 Å². The van der Waals surface area contributed by atoms with Crippen LogP contribution in [0.4, 0.5) is 0 Å². The van der Waals surface area contributed by atoms with E-state index in [1.54, 1.807) is 24.7 Å². The Labute approximate surface area is 141 Å². The van der Waals surface area contributed by atoms with Gasteiger partial charge in [-0.25, -0.2) is 0 Å². The highest BCUT2D eigenvalue weighted by molar-refractivity contribution is 5.95. The lowest BCUT2D eigenvalue weighted by Gasteiger charge is -2.51. The Hall–Kier alpha value is -2.30. The van der Waals surface area contributed by atoms with Crippen molar-refractivity contribution in [1.29, 1.82) is 0 Å². The molecule has 24 heavy (non-hydrogen) atoms. The summed E-state index contributed by atoms with van der Waals surface area (Å²) in [6, 6.07) is 5.61. The summed E-state index contributed by atoms with van der Waals surface area (Å²) in [5, 5.41) is 0. The van der Waals surface area contributed by atoms with Crippen molar-refractivity contribution in [3.8, 4) is 5.75 Å². The van der Waals surface area contributed by atoms with Crippen LogP contribution >= 0.6 is 0 Å². The van der Waals surface area contributed by atoms with Crippen molar-refractivity contribution in [2.24, 2.45) is 5.41 Å². The van der Waals surface area contributed by atoms with Crippen LogP contribution in [0, 0.1) is 12.3 Å². The number of piperidine rings is 1. The number of rotatable bonds is 3. The first-order chi connectivity index (χ1) is 11.7. The number of furan rings is 1. The van der Waals surface area contributed by atoms with Gasteiger partial charge in [-0.05, 0) is 56.2 Å². The van der Waals surface area contributed by atoms with Crippen LogP contribution in [-0.4, -0.2) is 35.0 Å². The average molecular weight is 326 g/mol. The number of aromatic nitrogens is 1. The predicted octanol–water partition coefficient (Wildman–Crippen LogP) is 3.45. The van der Waals surface area contributed by atoms with Gasteiger partial charge in [0, 0.05) is 19.3 Å². The van der Waals surface area contributed by atoms with E-state index in [0.717, 1.165) is 44.5 Å². The van der Waals surface area contributed by atoms with Gasteiger partial charge < -0.3 is 14.1 Å². The first kappa shape index (κ1) is 15.2. The zero-order valence-electron chi connectivity index (χ0n) is 13.9. The van der Waals surface area contributed by atoms with Gasteiger partial charge in [-0.2, -0.15) is 0 Å². The number of carbonyl (C=O) groups excluding carboxylic acids is 1. The largest absolute Gasteiger partial charge is 0.489 e. The molecule has 0 bridgehead atoms. The Morgan fingerprint density at radius 3 is 2.75 bits per heavy atom. The number of pyridine rings is 1. The minimum Gasteiger partial charge on any atom is -0.489 e. The highest BCUT2D eigenvalue weighted by Crippen LogP contribution is 2.50. The number of likely N-dealkylation sites (tertiary alicyclic amines) is 1. The highest BCUT2D eigenvalue weighted by atomic mass is 16.5. The molecular formula is C19H22N2O3. The van der Waals surface area contributed by atoms with E-state index in [4.69, 9.17) is 9.15 Å². The summed E-state index contributed by atoms with van der Waals surface area (Å²) in [7, 11) is 0. The maximum atomic E-state index is 12.5. The van der Waals surface area contributed by atoms with Gasteiger partial charge >= 0.3 is 0 Å². The summed E-state index contributed by atoms with van der Waals surface area (Å²) in [6.07, 6.45) is 9.66. The Kier molecular flexibility index (Phi) is 3.79. The molecule has 1 aliphatic heterocycles. The molecule has 126 valence electrons. The van der Waals surface area contributed by atoms with Crippen LogP contribution in [0.15, 0.2) is 41.3 Å². The van der Waals surface area contributed by atoms with Crippen LogP contribution in [-0.2, 0) is 0 Å². The number of hydrogen-bond acceptors (Lipinski definition) is 4. The van der Waals surface area contributed by atoms with Crippen molar-refractivity contribution < 1.29 is 13.9 Å². The molecule has 2 aromatic rings. The van der Waals surface area contributed by atoms with E-state index >= 15 is 0 Å². The fraction of sp³-hybridized carbons (Fsp3) is 0.474. The van der Waals surface area contributed by atoms with Crippen LogP contribution < -0.4 is 4.74 Å². The number of carbonyl (C=O) groups is 1. The molecular weight excluding hydrogens is 304 g/mol. The highest BCUT2D eigenvalue weighted by Gasteiger charge is 2.47. The Morgan fingerprint density at radius 1 is 1.33 bits per heavy atom. The number of ether oxygens (including phenoxy) is 1. The quantitative estimate of drug-likeness (QED) is 0.867. The summed E-state index contributed by atoms with van der Waals surface area (Å²) < 4.78 is 11.2. The van der Waals surface area contributed by atoms with Crippen LogP contribution in [0.5, 0.6) is 5.75 Å². The van der Waals surface area contributed by atoms with Crippen LogP contribution in [0.3, 0.4) is 0 Å². The summed E-state index contributed by atoms with van der Waals surface area (Å²) >= 11 is 0. The molecule has 1 saturated heterocycles. The molecule has 2 aromatic heterocycles. The summed E-state index contributed by atoms with van der Waals surface area (Å²) in [4.78, 5) is 18.6. The first-order valence-corrected chi connectivity index (χ1v) is 8.55. The Morgan fingerprint density at radius 2 is 2.12 bits per heavy atom. The van der Waals surface area contributed by atoms with Gasteiger partial charge in [0.1, 0.15) is 11.5 Å². The third-order valence-electron chi connectivity index (χ3n) is 5.46. The van der Waals surface area contributed by atoms with Gasteiger partial charge in [0.25, 0.3) is 5.91 Å². The van der Waals surface area contributed by atoms with Crippen molar-refractivity contribution in [3.63, 3.8) is 0 Å². The smallest absolute Gasteiger partial charge is 0.257 e. The molecule has 1 spiro atoms. The number of amides is 1. The third-order valence-corrected chi connectivity index (χ3v) is 5.46. The molecule has 1 aliphatic carbocycles. The molecule has 1 saturated carbocycles. The van der Waals surface area contributed by atoms with E-state index in [9.17, 15) is 4.79 Å². The lowest BCUT2D eigenvalue weighted by atomic mass is 9.61. The zero-order chi connectivity index (χ0) is 16.6. The standard InChI is InChI=1S/C19H22N2O3/c1-14-17(4-10-23-14)18(22)21-8-5-19(6-9-21)11-16(12-19)24-15-3-2-7-20-13-15/h2-4,7,10,13,16H,5-6,8-9,11-12H2,1H3. The van der Waals surface area contributed by atoms with Gasteiger partial charge in [0.15, 0.2) is 0 Å². The number of aryl methyl sites for hydroxylation is 1. The molecule has 5 nitrogen and oxygen atoms in total. The summed E-state index contributed by atoms with van der Waals surface area (Å²) in [6.45, 7) is 3.48. The lowest BCUT2D eigenvalue weighted by Crippen LogP contribution is -2.52. The maximum Gasteiger partial charge on any atom is 0.257 e. The minimum absolute atomic E-state index is 0.0959. The van der Waals surface area contributed by atoms with Gasteiger partial charge in [-0.3, -0.25) is 9.78 Å². The molecule has 1 amide bonds. The molecule has 0 atom stereocenters. The third kappa shape index (κ3) is 2.79. The van der Waals surface area contributed by atoms with E-state index in [2.05, 4.69) is 4.98 Å². The van der Waals surface area contributed by atoms with E-state index in [1.807, 2.05) is 24.0 Å². The molecule has 0 unspecified atom stereocenters. The molecule has 3 heterocycles. The maximum absolute atomic E-state index is 12.5. The molecule has 5 heteroatoms. The summed E-state index contributed by atoms with van der Waals surface area (Å²) in [5.74, 6) is 1.65. The number of nitrogens with zero attached hydrogens (tertiary/aromatic N) is 2. The van der Waals surface area contributed by atoms with Crippen molar-refractivity contribution in [3.05, 3.63) is 48.2 Å².